The van der Waals surface area contributed by atoms with Crippen LogP contribution in [-0.2, 0) is 10.0 Å². The number of carbonyl (C=O) groups is 2. The summed E-state index contributed by atoms with van der Waals surface area (Å²) in [5.74, 6) is -0.763. The van der Waals surface area contributed by atoms with E-state index in [2.05, 4.69) is 39.5 Å². The first-order valence-corrected chi connectivity index (χ1v) is 13.8. The number of aromatic nitrogens is 2. The number of nitrogens with two attached hydrogens (primary N) is 1. The number of benzene rings is 1. The number of nitrogens with one attached hydrogen (secondary N) is 2. The van der Waals surface area contributed by atoms with Crippen LogP contribution in [0.15, 0.2) is 41.3 Å². The van der Waals surface area contributed by atoms with Crippen LogP contribution in [0.25, 0.3) is 11.0 Å². The molecule has 0 aliphatic carbocycles. The summed E-state index contributed by atoms with van der Waals surface area (Å²) in [6.45, 7) is 4.01. The van der Waals surface area contributed by atoms with Gasteiger partial charge >= 0.3 is 0 Å². The molecular formula is C25H31N7O4S. The fourth-order valence-corrected chi connectivity index (χ4v) is 5.85. The van der Waals surface area contributed by atoms with Crippen LogP contribution in [0.5, 0.6) is 0 Å². The Hall–Kier alpha value is -3.48. The third kappa shape index (κ3) is 4.79. The standard InChI is InChI=1S/C25H31N7O4S/c1-15-14-27-25(34)21-12-16-4-6-20(28-23(16)32(15)21)24(33)29-19-7-5-18(13-22(19)37(26,35)36)31-10-8-17(9-11-31)30(2)3/h4-7,12-13,15,17H,8-11,14H2,1-3H3,(H,27,34)(H,29,33)(H2,26,35,36)/t15-/m1/s1. The largest absolute Gasteiger partial charge is 0.371 e. The molecule has 5 rings (SSSR count). The Morgan fingerprint density at radius 2 is 1.89 bits per heavy atom. The van der Waals surface area contributed by atoms with Crippen molar-refractivity contribution in [2.45, 2.75) is 36.7 Å². The second-order valence-corrected chi connectivity index (χ2v) is 11.5. The van der Waals surface area contributed by atoms with Gasteiger partial charge in [0, 0.05) is 36.7 Å². The lowest BCUT2D eigenvalue weighted by atomic mass is 10.0. The summed E-state index contributed by atoms with van der Waals surface area (Å²) >= 11 is 0. The number of sulfonamides is 1. The van der Waals surface area contributed by atoms with E-state index in [1.54, 1.807) is 30.3 Å². The molecule has 0 bridgehead atoms. The summed E-state index contributed by atoms with van der Waals surface area (Å²) < 4.78 is 26.7. The zero-order valence-electron chi connectivity index (χ0n) is 21.1. The molecule has 1 saturated heterocycles. The van der Waals surface area contributed by atoms with Gasteiger partial charge in [0.15, 0.2) is 0 Å². The van der Waals surface area contributed by atoms with E-state index in [9.17, 15) is 18.0 Å². The van der Waals surface area contributed by atoms with E-state index in [1.165, 1.54) is 6.07 Å². The molecule has 1 fully saturated rings. The first kappa shape index (κ1) is 25.2. The predicted molar refractivity (Wildman–Crippen MR) is 141 cm³/mol. The van der Waals surface area contributed by atoms with Gasteiger partial charge in [0.1, 0.15) is 21.9 Å². The van der Waals surface area contributed by atoms with E-state index in [0.29, 0.717) is 23.9 Å². The minimum absolute atomic E-state index is 0.0275. The van der Waals surface area contributed by atoms with E-state index >= 15 is 0 Å². The number of primary sulfonamides is 1. The van der Waals surface area contributed by atoms with Crippen molar-refractivity contribution in [3.63, 3.8) is 0 Å². The van der Waals surface area contributed by atoms with Crippen molar-refractivity contribution in [3.8, 4) is 0 Å². The lowest BCUT2D eigenvalue weighted by molar-refractivity contribution is 0.0918. The maximum Gasteiger partial charge on any atom is 0.274 e. The zero-order valence-corrected chi connectivity index (χ0v) is 21.9. The second-order valence-electron chi connectivity index (χ2n) is 9.93. The zero-order chi connectivity index (χ0) is 26.5. The van der Waals surface area contributed by atoms with Gasteiger partial charge in [-0.2, -0.15) is 0 Å². The number of pyridine rings is 1. The van der Waals surface area contributed by atoms with Gasteiger partial charge in [-0.3, -0.25) is 9.59 Å². The molecule has 0 spiro atoms. The highest BCUT2D eigenvalue weighted by Gasteiger charge is 2.27. The van der Waals surface area contributed by atoms with E-state index in [1.807, 2.05) is 11.5 Å². The Labute approximate surface area is 215 Å². The minimum Gasteiger partial charge on any atom is -0.371 e. The van der Waals surface area contributed by atoms with Gasteiger partial charge < -0.3 is 25.0 Å². The monoisotopic (exact) mass is 525 g/mol. The molecular weight excluding hydrogens is 494 g/mol. The van der Waals surface area contributed by atoms with Crippen molar-refractivity contribution in [3.05, 3.63) is 47.8 Å². The topological polar surface area (TPSA) is 143 Å². The van der Waals surface area contributed by atoms with Crippen LogP contribution >= 0.6 is 0 Å². The summed E-state index contributed by atoms with van der Waals surface area (Å²) in [6, 6.07) is 10.3. The van der Waals surface area contributed by atoms with Crippen LogP contribution in [0.4, 0.5) is 11.4 Å². The number of hydrogen-bond donors (Lipinski definition) is 3. The van der Waals surface area contributed by atoms with Crippen molar-refractivity contribution >= 4 is 44.2 Å². The fraction of sp³-hybridized carbons (Fsp3) is 0.400. The highest BCUT2D eigenvalue weighted by molar-refractivity contribution is 7.89. The number of piperidine rings is 1. The molecule has 0 saturated carbocycles. The first-order valence-electron chi connectivity index (χ1n) is 12.2. The molecule has 1 aromatic carbocycles. The predicted octanol–water partition coefficient (Wildman–Crippen LogP) is 1.77. The van der Waals surface area contributed by atoms with E-state index in [0.717, 1.165) is 37.0 Å². The molecule has 37 heavy (non-hydrogen) atoms. The maximum atomic E-state index is 13.1. The molecule has 2 amide bonds. The van der Waals surface area contributed by atoms with Gasteiger partial charge in [0.05, 0.1) is 11.7 Å². The molecule has 4 heterocycles. The molecule has 12 heteroatoms. The van der Waals surface area contributed by atoms with Crippen molar-refractivity contribution < 1.29 is 18.0 Å². The summed E-state index contributed by atoms with van der Waals surface area (Å²) in [4.78, 5) is 34.1. The Morgan fingerprint density at radius 1 is 1.16 bits per heavy atom. The first-order chi connectivity index (χ1) is 17.5. The van der Waals surface area contributed by atoms with Crippen LogP contribution in [0.2, 0.25) is 0 Å². The van der Waals surface area contributed by atoms with Crippen LogP contribution in [-0.4, -0.2) is 74.5 Å². The van der Waals surface area contributed by atoms with Gasteiger partial charge in [-0.25, -0.2) is 18.5 Å². The van der Waals surface area contributed by atoms with Crippen molar-refractivity contribution in [2.24, 2.45) is 5.14 Å². The molecule has 11 nitrogen and oxygen atoms in total. The molecule has 2 aliphatic rings. The van der Waals surface area contributed by atoms with Gasteiger partial charge in [-0.05, 0) is 70.3 Å². The van der Waals surface area contributed by atoms with Crippen LogP contribution in [0, 0.1) is 0 Å². The molecule has 1 atom stereocenters. The smallest absolute Gasteiger partial charge is 0.274 e. The van der Waals surface area contributed by atoms with Crippen LogP contribution < -0.4 is 20.7 Å². The van der Waals surface area contributed by atoms with Gasteiger partial charge in [0.2, 0.25) is 10.0 Å². The number of hydrogen-bond acceptors (Lipinski definition) is 7. The van der Waals surface area contributed by atoms with Crippen molar-refractivity contribution in [2.75, 3.05) is 43.9 Å². The number of anilines is 2. The van der Waals surface area contributed by atoms with Crippen LogP contribution in [0.3, 0.4) is 0 Å². The molecule has 2 aliphatic heterocycles. The fourth-order valence-electron chi connectivity index (χ4n) is 5.14. The quantitative estimate of drug-likeness (QED) is 0.461. The Morgan fingerprint density at radius 3 is 2.57 bits per heavy atom. The Balaban J connectivity index is 1.42. The van der Waals surface area contributed by atoms with Crippen LogP contribution in [0.1, 0.15) is 46.8 Å². The second kappa shape index (κ2) is 9.43. The van der Waals surface area contributed by atoms with Gasteiger partial charge in [-0.15, -0.1) is 0 Å². The number of rotatable bonds is 5. The SMILES string of the molecule is C[C@@H]1CNC(=O)c2cc3ccc(C(=O)Nc4ccc(N5CCC(N(C)C)CC5)cc4S(N)(=O)=O)nc3n21. The molecule has 2 aromatic heterocycles. The number of nitrogens with zero attached hydrogens (tertiary/aromatic N) is 4. The average Bonchev–Trinajstić information content (AvgIpc) is 3.26. The minimum atomic E-state index is -4.12. The lowest BCUT2D eigenvalue weighted by Gasteiger charge is -2.36. The summed E-state index contributed by atoms with van der Waals surface area (Å²) in [5.41, 5.74) is 1.94. The number of carbonyl (C=O) groups excluding carboxylic acids is 2. The summed E-state index contributed by atoms with van der Waals surface area (Å²) in [6.07, 6.45) is 1.93. The maximum absolute atomic E-state index is 13.1. The van der Waals surface area contributed by atoms with E-state index < -0.39 is 15.9 Å². The molecule has 0 unspecified atom stereocenters. The van der Waals surface area contributed by atoms with Gasteiger partial charge in [-0.1, -0.05) is 0 Å². The molecule has 0 radical (unpaired) electrons. The number of fused-ring (bicyclic) bond motifs is 3. The Bertz CT molecular complexity index is 1490. The Kier molecular flexibility index (Phi) is 6.42. The van der Waals surface area contributed by atoms with E-state index in [4.69, 9.17) is 5.14 Å². The molecule has 4 N–H and O–H groups in total. The third-order valence-corrected chi connectivity index (χ3v) is 8.18. The summed E-state index contributed by atoms with van der Waals surface area (Å²) in [5, 5.41) is 11.8. The van der Waals surface area contributed by atoms with E-state index in [-0.39, 0.29) is 28.2 Å². The average molecular weight is 526 g/mol. The highest BCUT2D eigenvalue weighted by atomic mass is 32.2. The number of amides is 2. The highest BCUT2D eigenvalue weighted by Crippen LogP contribution is 2.30. The normalized spacial score (nSPS) is 18.7. The van der Waals surface area contributed by atoms with Crippen molar-refractivity contribution in [1.29, 1.82) is 0 Å². The molecule has 3 aromatic rings. The van der Waals surface area contributed by atoms with Gasteiger partial charge in [0.25, 0.3) is 11.8 Å². The summed E-state index contributed by atoms with van der Waals surface area (Å²) in [7, 11) is 0.00662. The lowest BCUT2D eigenvalue weighted by Crippen LogP contribution is -2.42. The third-order valence-electron chi connectivity index (χ3n) is 7.23. The molecule has 196 valence electrons. The van der Waals surface area contributed by atoms with Crippen molar-refractivity contribution in [1.82, 2.24) is 19.8 Å².